The Bertz CT molecular complexity index is 148. The zero-order valence-electron chi connectivity index (χ0n) is 7.55. The van der Waals surface area contributed by atoms with Crippen molar-refractivity contribution in [2.45, 2.75) is 31.6 Å². The summed E-state index contributed by atoms with van der Waals surface area (Å²) < 4.78 is 0. The maximum Gasteiger partial charge on any atom is 1.00 e. The molecule has 0 fully saturated rings. The second kappa shape index (κ2) is 9.59. The third-order valence-electron chi connectivity index (χ3n) is 1.22. The number of carbonyl (C=O) groups is 1. The van der Waals surface area contributed by atoms with Crippen molar-refractivity contribution in [3.8, 4) is 0 Å². The summed E-state index contributed by atoms with van der Waals surface area (Å²) in [5.74, 6) is -1.20. The molecule has 0 radical (unpaired) electrons. The van der Waals surface area contributed by atoms with E-state index in [2.05, 4.69) is 6.92 Å². The molecule has 0 saturated heterocycles. The van der Waals surface area contributed by atoms with Crippen molar-refractivity contribution < 1.29 is 39.5 Å². The van der Waals surface area contributed by atoms with Crippen molar-refractivity contribution in [3.05, 3.63) is 12.2 Å². The molecule has 64 valence electrons. The average Bonchev–Trinajstić information content (AvgIpc) is 1.97. The Morgan fingerprint density at radius 1 is 1.58 bits per heavy atom. The van der Waals surface area contributed by atoms with Crippen LogP contribution in [0.1, 0.15) is 26.2 Å². The molecule has 0 aliphatic heterocycles. The molecule has 2 nitrogen and oxygen atoms in total. The second-order valence-corrected chi connectivity index (χ2v) is 2.81. The number of alkyl halides is 1. The van der Waals surface area contributed by atoms with Crippen LogP contribution in [-0.4, -0.2) is 11.3 Å². The van der Waals surface area contributed by atoms with Crippen LogP contribution in [0.15, 0.2) is 12.2 Å². The summed E-state index contributed by atoms with van der Waals surface area (Å²) in [4.78, 5) is 10.1. The van der Waals surface area contributed by atoms with Crippen LogP contribution in [0.2, 0.25) is 0 Å². The van der Waals surface area contributed by atoms with E-state index in [4.69, 9.17) is 11.6 Å². The third-order valence-corrected chi connectivity index (χ3v) is 1.58. The van der Waals surface area contributed by atoms with E-state index in [1.807, 2.05) is 6.08 Å². The van der Waals surface area contributed by atoms with Gasteiger partial charge in [-0.3, -0.25) is 0 Å². The van der Waals surface area contributed by atoms with Crippen molar-refractivity contribution in [1.82, 2.24) is 0 Å². The van der Waals surface area contributed by atoms with Crippen LogP contribution in [0.5, 0.6) is 0 Å². The molecule has 0 bridgehead atoms. The van der Waals surface area contributed by atoms with E-state index in [9.17, 15) is 9.90 Å². The van der Waals surface area contributed by atoms with Gasteiger partial charge in [0.2, 0.25) is 0 Å². The maximum absolute atomic E-state index is 10.1. The first-order chi connectivity index (χ1) is 5.18. The molecule has 0 heterocycles. The fourth-order valence-electron chi connectivity index (χ4n) is 0.596. The molecule has 0 spiro atoms. The number of carbonyl (C=O) groups excluding carboxylic acids is 1. The Hall–Kier alpha value is 0.500. The number of hydrogen-bond donors (Lipinski definition) is 0. The normalized spacial score (nSPS) is 12.5. The van der Waals surface area contributed by atoms with E-state index in [-0.39, 0.29) is 29.6 Å². The van der Waals surface area contributed by atoms with Crippen molar-refractivity contribution in [1.29, 1.82) is 0 Å². The van der Waals surface area contributed by atoms with E-state index < -0.39 is 11.3 Å². The van der Waals surface area contributed by atoms with Crippen LogP contribution in [0.3, 0.4) is 0 Å². The molecule has 12 heavy (non-hydrogen) atoms. The quantitative estimate of drug-likeness (QED) is 0.294. The minimum absolute atomic E-state index is 0. The maximum atomic E-state index is 10.1. The molecule has 0 aromatic carbocycles. The summed E-state index contributed by atoms with van der Waals surface area (Å²) in [6, 6.07) is 0. The molecule has 4 heteroatoms. The summed E-state index contributed by atoms with van der Waals surface area (Å²) in [5.41, 5.74) is 0. The molecule has 1 atom stereocenters. The standard InChI is InChI=1S/C8H13ClO2.Na/c1-2-3-4-5-6-7(9)8(10)11;/h4-5,7H,2-3,6H2,1H3,(H,10,11);/q;+1/p-1/b5-4+;. The Balaban J connectivity index is 0. The Kier molecular flexibility index (Phi) is 12.0. The van der Waals surface area contributed by atoms with E-state index in [1.54, 1.807) is 6.08 Å². The zero-order chi connectivity index (χ0) is 8.69. The van der Waals surface area contributed by atoms with Gasteiger partial charge in [-0.1, -0.05) is 25.5 Å². The molecule has 0 aromatic heterocycles. The van der Waals surface area contributed by atoms with E-state index >= 15 is 0 Å². The van der Waals surface area contributed by atoms with Gasteiger partial charge in [0, 0.05) is 0 Å². The van der Waals surface area contributed by atoms with Gasteiger partial charge < -0.3 is 9.90 Å². The molecule has 0 aromatic rings. The Morgan fingerprint density at radius 2 is 2.17 bits per heavy atom. The van der Waals surface area contributed by atoms with E-state index in [0.717, 1.165) is 12.8 Å². The smallest absolute Gasteiger partial charge is 0.549 e. The minimum Gasteiger partial charge on any atom is -0.549 e. The predicted octanol–water partition coefficient (Wildman–Crippen LogP) is -1.91. The Labute approximate surface area is 100 Å². The van der Waals surface area contributed by atoms with Gasteiger partial charge in [-0.2, -0.15) is 0 Å². The van der Waals surface area contributed by atoms with Gasteiger partial charge in [0.1, 0.15) is 0 Å². The van der Waals surface area contributed by atoms with Crippen LogP contribution >= 0.6 is 11.6 Å². The minimum atomic E-state index is -1.20. The summed E-state index contributed by atoms with van der Waals surface area (Å²) in [5, 5.41) is 9.20. The molecular weight excluding hydrogens is 187 g/mol. The fourth-order valence-corrected chi connectivity index (χ4v) is 0.699. The van der Waals surface area contributed by atoms with Gasteiger partial charge in [0.25, 0.3) is 0 Å². The number of hydrogen-bond acceptors (Lipinski definition) is 2. The van der Waals surface area contributed by atoms with Crippen molar-refractivity contribution in [2.75, 3.05) is 0 Å². The van der Waals surface area contributed by atoms with Gasteiger partial charge in [0.15, 0.2) is 0 Å². The number of unbranched alkanes of at least 4 members (excludes halogenated alkanes) is 1. The zero-order valence-corrected chi connectivity index (χ0v) is 10.3. The number of carboxylic acids is 1. The molecule has 0 aliphatic carbocycles. The van der Waals surface area contributed by atoms with E-state index in [1.165, 1.54) is 0 Å². The summed E-state index contributed by atoms with van der Waals surface area (Å²) in [6.45, 7) is 2.06. The van der Waals surface area contributed by atoms with Crippen LogP contribution in [0.25, 0.3) is 0 Å². The van der Waals surface area contributed by atoms with Crippen LogP contribution < -0.4 is 34.7 Å². The van der Waals surface area contributed by atoms with Crippen molar-refractivity contribution in [3.63, 3.8) is 0 Å². The summed E-state index contributed by atoms with van der Waals surface area (Å²) in [6.07, 6.45) is 6.09. The Morgan fingerprint density at radius 3 is 2.58 bits per heavy atom. The topological polar surface area (TPSA) is 40.1 Å². The molecule has 0 aliphatic rings. The average molecular weight is 199 g/mol. The SMILES string of the molecule is CCC/C=C/CC(Cl)C(=O)[O-].[Na+]. The van der Waals surface area contributed by atoms with Gasteiger partial charge in [-0.15, -0.1) is 11.6 Å². The first-order valence-corrected chi connectivity index (χ1v) is 4.12. The van der Waals surface area contributed by atoms with Crippen molar-refractivity contribution in [2.24, 2.45) is 0 Å². The number of allylic oxidation sites excluding steroid dienone is 2. The number of halogens is 1. The van der Waals surface area contributed by atoms with Crippen LogP contribution in [-0.2, 0) is 4.79 Å². The molecular formula is C8H12ClNaO2. The van der Waals surface area contributed by atoms with Gasteiger partial charge in [-0.05, 0) is 12.8 Å². The monoisotopic (exact) mass is 198 g/mol. The van der Waals surface area contributed by atoms with Gasteiger partial charge in [-0.25, -0.2) is 0 Å². The second-order valence-electron chi connectivity index (χ2n) is 2.28. The van der Waals surface area contributed by atoms with E-state index in [0.29, 0.717) is 6.42 Å². The number of aliphatic carboxylic acids is 1. The first-order valence-electron chi connectivity index (χ1n) is 3.68. The number of rotatable bonds is 5. The van der Waals surface area contributed by atoms with Crippen LogP contribution in [0.4, 0.5) is 0 Å². The number of carboxylic acid groups (broad SMARTS) is 1. The molecule has 0 rings (SSSR count). The first kappa shape index (κ1) is 15.0. The third kappa shape index (κ3) is 8.60. The molecule has 0 amide bonds. The van der Waals surface area contributed by atoms with Gasteiger partial charge >= 0.3 is 29.6 Å². The summed E-state index contributed by atoms with van der Waals surface area (Å²) in [7, 11) is 0. The fraction of sp³-hybridized carbons (Fsp3) is 0.625. The van der Waals surface area contributed by atoms with Crippen LogP contribution in [0, 0.1) is 0 Å². The van der Waals surface area contributed by atoms with Crippen molar-refractivity contribution >= 4 is 17.6 Å². The predicted molar refractivity (Wildman–Crippen MR) is 43.3 cm³/mol. The molecule has 0 saturated carbocycles. The molecule has 1 unspecified atom stereocenters. The van der Waals surface area contributed by atoms with Gasteiger partial charge in [0.05, 0.1) is 11.3 Å². The largest absolute Gasteiger partial charge is 1.00 e. The summed E-state index contributed by atoms with van der Waals surface area (Å²) >= 11 is 5.38. The molecule has 0 N–H and O–H groups in total.